The minimum absolute atomic E-state index is 0.859. The number of rotatable bonds is 7. The minimum atomic E-state index is 0.859. The van der Waals surface area contributed by atoms with Gasteiger partial charge in [0.1, 0.15) is 11.5 Å². The van der Waals surface area contributed by atoms with Crippen LogP contribution in [-0.2, 0) is 6.42 Å². The van der Waals surface area contributed by atoms with Gasteiger partial charge in [-0.3, -0.25) is 0 Å². The van der Waals surface area contributed by atoms with E-state index in [0.29, 0.717) is 0 Å². The Kier molecular flexibility index (Phi) is 7.00. The van der Waals surface area contributed by atoms with E-state index in [9.17, 15) is 0 Å². The predicted molar refractivity (Wildman–Crippen MR) is 103 cm³/mol. The summed E-state index contributed by atoms with van der Waals surface area (Å²) in [5.74, 6) is 3.52. The molecule has 0 radical (unpaired) electrons. The van der Waals surface area contributed by atoms with Crippen molar-refractivity contribution in [3.05, 3.63) is 23.8 Å². The van der Waals surface area contributed by atoms with Crippen LogP contribution in [0.3, 0.4) is 0 Å². The lowest BCUT2D eigenvalue weighted by Gasteiger charge is -2.35. The molecular weight excluding hydrogens is 312 g/mol. The molecule has 1 unspecified atom stereocenters. The Morgan fingerprint density at radius 2 is 1.72 bits per heavy atom. The number of nitrogens with zero attached hydrogens (tertiary/aromatic N) is 1. The molecule has 0 saturated carbocycles. The fraction of sp³-hybridized carbons (Fsp3) is 0.714. The lowest BCUT2D eigenvalue weighted by atomic mass is 9.89. The van der Waals surface area contributed by atoms with Crippen molar-refractivity contribution in [3.63, 3.8) is 0 Å². The van der Waals surface area contributed by atoms with Crippen LogP contribution >= 0.6 is 0 Å². The summed E-state index contributed by atoms with van der Waals surface area (Å²) < 4.78 is 10.8. The third kappa shape index (κ3) is 5.61. The quantitative estimate of drug-likeness (QED) is 0.821. The van der Waals surface area contributed by atoms with E-state index in [1.54, 1.807) is 14.2 Å². The second-order valence-corrected chi connectivity index (χ2v) is 7.72. The number of aryl methyl sites for hydroxylation is 1. The largest absolute Gasteiger partial charge is 0.497 e. The van der Waals surface area contributed by atoms with Crippen molar-refractivity contribution in [2.45, 2.75) is 38.5 Å². The van der Waals surface area contributed by atoms with Crippen molar-refractivity contribution in [1.29, 1.82) is 0 Å². The summed E-state index contributed by atoms with van der Waals surface area (Å²) in [6.45, 7) is 6.29. The minimum Gasteiger partial charge on any atom is -0.497 e. The standard InChI is InChI=1S/C21H34N2O2/c1-24-20-12-18(13-21(14-20)25-2)6-5-17-7-10-23(11-8-17)16-19-4-3-9-22-15-19/h12-14,17,19,22H,3-11,15-16H2,1-2H3. The predicted octanol–water partition coefficient (Wildman–Crippen LogP) is 3.35. The summed E-state index contributed by atoms with van der Waals surface area (Å²) in [4.78, 5) is 2.70. The van der Waals surface area contributed by atoms with Gasteiger partial charge in [-0.25, -0.2) is 0 Å². The Hall–Kier alpha value is -1.26. The van der Waals surface area contributed by atoms with Gasteiger partial charge >= 0.3 is 0 Å². The summed E-state index contributed by atoms with van der Waals surface area (Å²) in [5, 5.41) is 3.54. The highest BCUT2D eigenvalue weighted by Crippen LogP contribution is 2.27. The zero-order chi connectivity index (χ0) is 17.5. The summed E-state index contributed by atoms with van der Waals surface area (Å²) in [6, 6.07) is 6.24. The first-order chi connectivity index (χ1) is 12.3. The Balaban J connectivity index is 1.41. The molecule has 4 nitrogen and oxygen atoms in total. The maximum atomic E-state index is 5.38. The zero-order valence-corrected chi connectivity index (χ0v) is 15.9. The van der Waals surface area contributed by atoms with Gasteiger partial charge in [-0.1, -0.05) is 0 Å². The van der Waals surface area contributed by atoms with Crippen LogP contribution in [0.5, 0.6) is 11.5 Å². The normalized spacial score (nSPS) is 22.7. The molecule has 0 bridgehead atoms. The molecular formula is C21H34N2O2. The maximum Gasteiger partial charge on any atom is 0.122 e. The highest BCUT2D eigenvalue weighted by Gasteiger charge is 2.22. The Bertz CT molecular complexity index is 498. The molecule has 2 aliphatic heterocycles. The van der Waals surface area contributed by atoms with Crippen LogP contribution in [0.15, 0.2) is 18.2 Å². The maximum absolute atomic E-state index is 5.38. The molecule has 2 aliphatic rings. The van der Waals surface area contributed by atoms with Crippen molar-refractivity contribution in [1.82, 2.24) is 10.2 Å². The zero-order valence-electron chi connectivity index (χ0n) is 15.9. The summed E-state index contributed by atoms with van der Waals surface area (Å²) in [7, 11) is 3.44. The van der Waals surface area contributed by atoms with Crippen molar-refractivity contribution < 1.29 is 9.47 Å². The second kappa shape index (κ2) is 9.44. The Labute approximate surface area is 152 Å². The number of ether oxygens (including phenoxy) is 2. The lowest BCUT2D eigenvalue weighted by Crippen LogP contribution is -2.41. The van der Waals surface area contributed by atoms with Crippen LogP contribution in [0.4, 0.5) is 0 Å². The topological polar surface area (TPSA) is 33.7 Å². The van der Waals surface area contributed by atoms with E-state index in [0.717, 1.165) is 29.8 Å². The molecule has 1 aromatic carbocycles. The van der Waals surface area contributed by atoms with E-state index in [4.69, 9.17) is 9.47 Å². The SMILES string of the molecule is COc1cc(CCC2CCN(CC3CCCNC3)CC2)cc(OC)c1. The van der Waals surface area contributed by atoms with Gasteiger partial charge in [0.25, 0.3) is 0 Å². The molecule has 2 fully saturated rings. The van der Waals surface area contributed by atoms with E-state index in [1.807, 2.05) is 6.07 Å². The average Bonchev–Trinajstić information content (AvgIpc) is 2.68. The Morgan fingerprint density at radius 1 is 1.00 bits per heavy atom. The number of hydrogen-bond acceptors (Lipinski definition) is 4. The van der Waals surface area contributed by atoms with Crippen LogP contribution < -0.4 is 14.8 Å². The van der Waals surface area contributed by atoms with Crippen LogP contribution in [-0.4, -0.2) is 51.8 Å². The van der Waals surface area contributed by atoms with E-state index in [-0.39, 0.29) is 0 Å². The highest BCUT2D eigenvalue weighted by atomic mass is 16.5. The lowest BCUT2D eigenvalue weighted by molar-refractivity contribution is 0.146. The van der Waals surface area contributed by atoms with Gasteiger partial charge in [-0.2, -0.15) is 0 Å². The molecule has 0 amide bonds. The third-order valence-corrected chi connectivity index (χ3v) is 5.87. The molecule has 1 aromatic rings. The van der Waals surface area contributed by atoms with Crippen molar-refractivity contribution >= 4 is 0 Å². The molecule has 0 aliphatic carbocycles. The van der Waals surface area contributed by atoms with Crippen molar-refractivity contribution in [3.8, 4) is 11.5 Å². The average molecular weight is 347 g/mol. The fourth-order valence-electron chi connectivity index (χ4n) is 4.28. The van der Waals surface area contributed by atoms with Crippen LogP contribution in [0.2, 0.25) is 0 Å². The number of nitrogens with one attached hydrogen (secondary N) is 1. The third-order valence-electron chi connectivity index (χ3n) is 5.87. The molecule has 1 N–H and O–H groups in total. The number of likely N-dealkylation sites (tertiary alicyclic amines) is 1. The molecule has 1 atom stereocenters. The monoisotopic (exact) mass is 346 g/mol. The number of hydrogen-bond donors (Lipinski definition) is 1. The molecule has 0 spiro atoms. The van der Waals surface area contributed by atoms with Crippen LogP contribution in [0.1, 0.15) is 37.7 Å². The van der Waals surface area contributed by atoms with Gasteiger partial charge in [0, 0.05) is 12.6 Å². The Morgan fingerprint density at radius 3 is 2.32 bits per heavy atom. The van der Waals surface area contributed by atoms with E-state index in [2.05, 4.69) is 22.3 Å². The van der Waals surface area contributed by atoms with Crippen LogP contribution in [0, 0.1) is 11.8 Å². The molecule has 25 heavy (non-hydrogen) atoms. The number of benzene rings is 1. The fourth-order valence-corrected chi connectivity index (χ4v) is 4.28. The van der Waals surface area contributed by atoms with Crippen molar-refractivity contribution in [2.24, 2.45) is 11.8 Å². The number of piperidine rings is 2. The molecule has 140 valence electrons. The highest BCUT2D eigenvalue weighted by molar-refractivity contribution is 5.38. The van der Waals surface area contributed by atoms with Gasteiger partial charge in [0.2, 0.25) is 0 Å². The summed E-state index contributed by atoms with van der Waals surface area (Å²) in [5.41, 5.74) is 1.33. The second-order valence-electron chi connectivity index (χ2n) is 7.72. The van der Waals surface area contributed by atoms with Gasteiger partial charge < -0.3 is 19.7 Å². The molecule has 0 aromatic heterocycles. The van der Waals surface area contributed by atoms with E-state index >= 15 is 0 Å². The smallest absolute Gasteiger partial charge is 0.122 e. The van der Waals surface area contributed by atoms with Crippen molar-refractivity contribution in [2.75, 3.05) is 46.9 Å². The first kappa shape index (κ1) is 18.5. The summed E-state index contributed by atoms with van der Waals surface area (Å²) >= 11 is 0. The van der Waals surface area contributed by atoms with E-state index in [1.165, 1.54) is 70.4 Å². The van der Waals surface area contributed by atoms with Gasteiger partial charge in [-0.15, -0.1) is 0 Å². The molecule has 2 heterocycles. The summed E-state index contributed by atoms with van der Waals surface area (Å²) in [6.07, 6.45) is 7.85. The van der Waals surface area contributed by atoms with E-state index < -0.39 is 0 Å². The first-order valence-corrected chi connectivity index (χ1v) is 9.92. The van der Waals surface area contributed by atoms with Gasteiger partial charge in [-0.05, 0) is 94.2 Å². The van der Waals surface area contributed by atoms with Crippen LogP contribution in [0.25, 0.3) is 0 Å². The molecule has 4 heteroatoms. The first-order valence-electron chi connectivity index (χ1n) is 9.92. The molecule has 3 rings (SSSR count). The van der Waals surface area contributed by atoms with Gasteiger partial charge in [0.15, 0.2) is 0 Å². The molecule has 2 saturated heterocycles. The number of methoxy groups -OCH3 is 2. The van der Waals surface area contributed by atoms with Gasteiger partial charge in [0.05, 0.1) is 14.2 Å².